The van der Waals surface area contributed by atoms with Crippen LogP contribution in [0.1, 0.15) is 11.1 Å². The summed E-state index contributed by atoms with van der Waals surface area (Å²) in [5.74, 6) is -0.460. The van der Waals surface area contributed by atoms with E-state index in [0.717, 1.165) is 11.1 Å². The molecule has 4 nitrogen and oxygen atoms in total. The topological polar surface area (TPSA) is 66.8 Å². The van der Waals surface area contributed by atoms with E-state index >= 15 is 0 Å². The summed E-state index contributed by atoms with van der Waals surface area (Å²) in [4.78, 5) is 11.5. The molecule has 0 unspecified atom stereocenters. The normalized spacial score (nSPS) is 14.8. The third-order valence-electron chi connectivity index (χ3n) is 3.00. The molecule has 1 aromatic rings. The first-order valence-electron chi connectivity index (χ1n) is 5.93. The van der Waals surface area contributed by atoms with Crippen LogP contribution in [0.5, 0.6) is 0 Å². The second-order valence-corrected chi connectivity index (χ2v) is 4.35. The molecule has 96 valence electrons. The maximum absolute atomic E-state index is 11.5. The van der Waals surface area contributed by atoms with Crippen LogP contribution in [0.25, 0.3) is 5.57 Å². The number of hydrogen-bond donors (Lipinski definition) is 2. The van der Waals surface area contributed by atoms with Crippen LogP contribution in [0.3, 0.4) is 0 Å². The molecule has 0 amide bonds. The summed E-state index contributed by atoms with van der Waals surface area (Å²) in [5.41, 5.74) is 2.40. The van der Waals surface area contributed by atoms with Gasteiger partial charge < -0.3 is 14.9 Å². The van der Waals surface area contributed by atoms with Crippen molar-refractivity contribution < 1.29 is 19.7 Å². The number of carbonyl (C=O) groups excluding carboxylic acids is 1. The Hall–Kier alpha value is -1.65. The third-order valence-corrected chi connectivity index (χ3v) is 3.00. The van der Waals surface area contributed by atoms with Gasteiger partial charge >= 0.3 is 5.97 Å². The van der Waals surface area contributed by atoms with E-state index in [4.69, 9.17) is 14.9 Å². The lowest BCUT2D eigenvalue weighted by atomic mass is 9.97. The predicted molar refractivity (Wildman–Crippen MR) is 66.7 cm³/mol. The summed E-state index contributed by atoms with van der Waals surface area (Å²) in [5, 5.41) is 18.1. The molecule has 0 saturated carbocycles. The van der Waals surface area contributed by atoms with E-state index in [9.17, 15) is 4.79 Å². The van der Waals surface area contributed by atoms with Gasteiger partial charge in [0.05, 0.1) is 5.57 Å². The molecule has 18 heavy (non-hydrogen) atoms. The molecule has 1 aromatic carbocycles. The van der Waals surface area contributed by atoms with Crippen molar-refractivity contribution in [1.29, 1.82) is 0 Å². The molecule has 2 rings (SSSR count). The lowest BCUT2D eigenvalue weighted by molar-refractivity contribution is -0.133. The number of hydrogen-bond acceptors (Lipinski definition) is 4. The van der Waals surface area contributed by atoms with Gasteiger partial charge in [0, 0.05) is 19.1 Å². The van der Waals surface area contributed by atoms with E-state index in [-0.39, 0.29) is 25.1 Å². The molecule has 1 aliphatic heterocycles. The van der Waals surface area contributed by atoms with Crippen molar-refractivity contribution in [3.8, 4) is 0 Å². The molecule has 0 fully saturated rings. The Morgan fingerprint density at radius 2 is 2.06 bits per heavy atom. The van der Waals surface area contributed by atoms with Crippen molar-refractivity contribution in [1.82, 2.24) is 0 Å². The van der Waals surface area contributed by atoms with Gasteiger partial charge in [0.1, 0.15) is 6.61 Å². The van der Waals surface area contributed by atoms with E-state index in [1.165, 1.54) is 0 Å². The molecule has 0 spiro atoms. The van der Waals surface area contributed by atoms with Crippen LogP contribution in [0.2, 0.25) is 0 Å². The number of aliphatic hydroxyl groups excluding tert-OH is 2. The predicted octanol–water partition coefficient (Wildman–Crippen LogP) is 0.770. The number of rotatable bonds is 5. The van der Waals surface area contributed by atoms with Crippen LogP contribution < -0.4 is 0 Å². The van der Waals surface area contributed by atoms with E-state index in [1.54, 1.807) is 6.08 Å². The summed E-state index contributed by atoms with van der Waals surface area (Å²) in [6.07, 6.45) is 2.35. The Labute approximate surface area is 106 Å². The summed E-state index contributed by atoms with van der Waals surface area (Å²) < 4.78 is 4.87. The van der Waals surface area contributed by atoms with Gasteiger partial charge in [0.25, 0.3) is 0 Å². The molecule has 0 bridgehead atoms. The lowest BCUT2D eigenvalue weighted by Crippen LogP contribution is -2.14. The summed E-state index contributed by atoms with van der Waals surface area (Å²) >= 11 is 0. The maximum atomic E-state index is 11.5. The number of ether oxygens (including phenoxy) is 1. The van der Waals surface area contributed by atoms with Gasteiger partial charge in [-0.1, -0.05) is 24.3 Å². The van der Waals surface area contributed by atoms with Gasteiger partial charge in [-0.15, -0.1) is 0 Å². The number of cyclic esters (lactones) is 1. The van der Waals surface area contributed by atoms with Gasteiger partial charge in [0.15, 0.2) is 0 Å². The third kappa shape index (κ3) is 2.78. The SMILES string of the molecule is O=C1OCC=C1c1cccc(CC(CO)CO)c1. The van der Waals surface area contributed by atoms with Gasteiger partial charge in [-0.2, -0.15) is 0 Å². The fraction of sp³-hybridized carbons (Fsp3) is 0.357. The van der Waals surface area contributed by atoms with Crippen molar-refractivity contribution in [2.45, 2.75) is 6.42 Å². The highest BCUT2D eigenvalue weighted by molar-refractivity contribution is 6.18. The number of benzene rings is 1. The zero-order valence-electron chi connectivity index (χ0n) is 10.0. The molecule has 1 aliphatic rings. The summed E-state index contributed by atoms with van der Waals surface area (Å²) in [6.45, 7) is 0.227. The standard InChI is InChI=1S/C14H16O4/c15-8-11(9-16)6-10-2-1-3-12(7-10)13-4-5-18-14(13)17/h1-4,7,11,15-16H,5-6,8-9H2. The molecule has 2 N–H and O–H groups in total. The van der Waals surface area contributed by atoms with Gasteiger partial charge in [-0.25, -0.2) is 4.79 Å². The van der Waals surface area contributed by atoms with Crippen LogP contribution in [-0.2, 0) is 16.0 Å². The van der Waals surface area contributed by atoms with Crippen LogP contribution in [-0.4, -0.2) is 36.0 Å². The number of carbonyl (C=O) groups is 1. The molecule has 0 saturated heterocycles. The first-order valence-corrected chi connectivity index (χ1v) is 5.93. The monoisotopic (exact) mass is 248 g/mol. The molecule has 4 heteroatoms. The molecular formula is C14H16O4. The highest BCUT2D eigenvalue weighted by Gasteiger charge is 2.18. The van der Waals surface area contributed by atoms with Crippen molar-refractivity contribution >= 4 is 11.5 Å². The van der Waals surface area contributed by atoms with E-state index < -0.39 is 0 Å². The van der Waals surface area contributed by atoms with Crippen molar-refractivity contribution in [3.63, 3.8) is 0 Å². The molecule has 1 heterocycles. The van der Waals surface area contributed by atoms with Gasteiger partial charge in [-0.3, -0.25) is 0 Å². The smallest absolute Gasteiger partial charge is 0.338 e. The first-order chi connectivity index (χ1) is 8.74. The average molecular weight is 248 g/mol. The Bertz CT molecular complexity index is 461. The molecule has 0 aromatic heterocycles. The van der Waals surface area contributed by atoms with Crippen LogP contribution in [0.4, 0.5) is 0 Å². The van der Waals surface area contributed by atoms with Crippen molar-refractivity contribution in [2.75, 3.05) is 19.8 Å². The van der Waals surface area contributed by atoms with E-state index in [2.05, 4.69) is 0 Å². The highest BCUT2D eigenvalue weighted by atomic mass is 16.5. The summed E-state index contributed by atoms with van der Waals surface area (Å²) in [6, 6.07) is 7.54. The average Bonchev–Trinajstić information content (AvgIpc) is 2.82. The zero-order valence-corrected chi connectivity index (χ0v) is 10.0. The quantitative estimate of drug-likeness (QED) is 0.755. The second kappa shape index (κ2) is 5.80. The van der Waals surface area contributed by atoms with Crippen molar-refractivity contribution in [3.05, 3.63) is 41.5 Å². The van der Waals surface area contributed by atoms with Crippen molar-refractivity contribution in [2.24, 2.45) is 5.92 Å². The van der Waals surface area contributed by atoms with Crippen LogP contribution in [0.15, 0.2) is 30.3 Å². The Balaban J connectivity index is 2.17. The van der Waals surface area contributed by atoms with Crippen LogP contribution >= 0.6 is 0 Å². The molecule has 0 aliphatic carbocycles. The van der Waals surface area contributed by atoms with Gasteiger partial charge in [0.2, 0.25) is 0 Å². The fourth-order valence-electron chi connectivity index (χ4n) is 1.98. The lowest BCUT2D eigenvalue weighted by Gasteiger charge is -2.11. The fourth-order valence-corrected chi connectivity index (χ4v) is 1.98. The Kier molecular flexibility index (Phi) is 4.12. The molecule has 0 atom stereocenters. The van der Waals surface area contributed by atoms with Gasteiger partial charge in [-0.05, 0) is 23.6 Å². The minimum Gasteiger partial charge on any atom is -0.458 e. The minimum absolute atomic E-state index is 0.0501. The van der Waals surface area contributed by atoms with E-state index in [1.807, 2.05) is 24.3 Å². The highest BCUT2D eigenvalue weighted by Crippen LogP contribution is 2.22. The number of aliphatic hydroxyl groups is 2. The zero-order chi connectivity index (χ0) is 13.0. The largest absolute Gasteiger partial charge is 0.458 e. The first kappa shape index (κ1) is 12.8. The second-order valence-electron chi connectivity index (χ2n) is 4.35. The van der Waals surface area contributed by atoms with Crippen LogP contribution in [0, 0.1) is 5.92 Å². The molecular weight excluding hydrogens is 232 g/mol. The minimum atomic E-state index is -0.298. The number of esters is 1. The maximum Gasteiger partial charge on any atom is 0.338 e. The van der Waals surface area contributed by atoms with E-state index in [0.29, 0.717) is 18.6 Å². The Morgan fingerprint density at radius 3 is 2.67 bits per heavy atom. The summed E-state index contributed by atoms with van der Waals surface area (Å²) in [7, 11) is 0. The molecule has 0 radical (unpaired) electrons. The Morgan fingerprint density at radius 1 is 1.28 bits per heavy atom.